The Balaban J connectivity index is 1.71. The average Bonchev–Trinajstić information content (AvgIpc) is 3.09. The molecule has 1 amide bonds. The van der Waals surface area contributed by atoms with Gasteiger partial charge in [0.1, 0.15) is 0 Å². The third-order valence-electron chi connectivity index (χ3n) is 4.81. The van der Waals surface area contributed by atoms with Gasteiger partial charge in [-0.2, -0.15) is 4.98 Å². The van der Waals surface area contributed by atoms with Gasteiger partial charge in [-0.15, -0.1) is 0 Å². The number of hydrogen-bond donors (Lipinski definition) is 0. The zero-order chi connectivity index (χ0) is 18.7. The van der Waals surface area contributed by atoms with Gasteiger partial charge in [0.15, 0.2) is 0 Å². The Morgan fingerprint density at radius 1 is 1.23 bits per heavy atom. The van der Waals surface area contributed by atoms with Gasteiger partial charge in [0.25, 0.3) is 5.56 Å². The van der Waals surface area contributed by atoms with Gasteiger partial charge in [-0.3, -0.25) is 9.59 Å². The zero-order valence-electron chi connectivity index (χ0n) is 15.7. The summed E-state index contributed by atoms with van der Waals surface area (Å²) in [4.78, 5) is 31.2. The maximum atomic E-state index is 12.7. The molecule has 0 spiro atoms. The first kappa shape index (κ1) is 18.4. The number of hydrogen-bond acceptors (Lipinski definition) is 5. The van der Waals surface area contributed by atoms with Crippen molar-refractivity contribution >= 4 is 5.91 Å². The average molecular weight is 358 g/mol. The number of likely N-dealkylation sites (tertiary alicyclic amines) is 1. The van der Waals surface area contributed by atoms with E-state index in [1.165, 1.54) is 6.42 Å². The van der Waals surface area contributed by atoms with Crippen LogP contribution in [-0.2, 0) is 11.2 Å². The Kier molecular flexibility index (Phi) is 5.54. The van der Waals surface area contributed by atoms with Crippen LogP contribution in [0.1, 0.15) is 57.2 Å². The molecule has 0 unspecified atom stereocenters. The van der Waals surface area contributed by atoms with Crippen LogP contribution >= 0.6 is 0 Å². The molecule has 3 heterocycles. The molecule has 0 N–H and O–H groups in total. The Bertz CT molecular complexity index is 832. The van der Waals surface area contributed by atoms with Gasteiger partial charge in [-0.25, -0.2) is 0 Å². The first-order valence-corrected chi connectivity index (χ1v) is 9.30. The minimum Gasteiger partial charge on any atom is -0.343 e. The van der Waals surface area contributed by atoms with Crippen LogP contribution in [0.5, 0.6) is 0 Å². The monoisotopic (exact) mass is 358 g/mol. The second kappa shape index (κ2) is 7.85. The van der Waals surface area contributed by atoms with E-state index in [0.29, 0.717) is 24.3 Å². The van der Waals surface area contributed by atoms with Crippen LogP contribution < -0.4 is 5.56 Å². The third-order valence-corrected chi connectivity index (χ3v) is 4.81. The van der Waals surface area contributed by atoms with Crippen molar-refractivity contribution in [2.24, 2.45) is 0 Å². The fourth-order valence-corrected chi connectivity index (χ4v) is 3.44. The summed E-state index contributed by atoms with van der Waals surface area (Å²) in [5.74, 6) is 0.799. The maximum absolute atomic E-state index is 12.7. The van der Waals surface area contributed by atoms with E-state index in [4.69, 9.17) is 4.52 Å². The molecule has 1 aliphatic rings. The molecule has 7 nitrogen and oxygen atoms in total. The van der Waals surface area contributed by atoms with Gasteiger partial charge < -0.3 is 14.0 Å². The van der Waals surface area contributed by atoms with E-state index in [1.807, 2.05) is 31.7 Å². The predicted molar refractivity (Wildman–Crippen MR) is 97.9 cm³/mol. The van der Waals surface area contributed by atoms with E-state index in [2.05, 4.69) is 10.1 Å². The van der Waals surface area contributed by atoms with Crippen LogP contribution in [0.15, 0.2) is 21.5 Å². The molecule has 26 heavy (non-hydrogen) atoms. The quantitative estimate of drug-likeness (QED) is 0.821. The number of piperidine rings is 1. The van der Waals surface area contributed by atoms with Gasteiger partial charge in [0, 0.05) is 37.7 Å². The van der Waals surface area contributed by atoms with Crippen LogP contribution in [0.4, 0.5) is 0 Å². The lowest BCUT2D eigenvalue weighted by atomic mass is 10.1. The summed E-state index contributed by atoms with van der Waals surface area (Å²) >= 11 is 0. The summed E-state index contributed by atoms with van der Waals surface area (Å²) in [5.41, 5.74) is 1.18. The second-order valence-electron chi connectivity index (χ2n) is 7.11. The van der Waals surface area contributed by atoms with E-state index in [0.717, 1.165) is 31.6 Å². The van der Waals surface area contributed by atoms with Crippen LogP contribution in [0.3, 0.4) is 0 Å². The lowest BCUT2D eigenvalue weighted by molar-refractivity contribution is -0.132. The molecule has 0 radical (unpaired) electrons. The van der Waals surface area contributed by atoms with Crippen LogP contribution in [0, 0.1) is 6.92 Å². The van der Waals surface area contributed by atoms with Gasteiger partial charge in [-0.1, -0.05) is 5.16 Å². The van der Waals surface area contributed by atoms with E-state index in [-0.39, 0.29) is 23.3 Å². The third kappa shape index (κ3) is 3.86. The van der Waals surface area contributed by atoms with Crippen LogP contribution in [0.25, 0.3) is 11.4 Å². The first-order valence-electron chi connectivity index (χ1n) is 9.30. The van der Waals surface area contributed by atoms with E-state index in [1.54, 1.807) is 10.6 Å². The van der Waals surface area contributed by atoms with Crippen molar-refractivity contribution in [3.63, 3.8) is 0 Å². The maximum Gasteiger partial charge on any atom is 0.262 e. The number of amides is 1. The molecular formula is C19H26N4O3. The molecule has 0 bridgehead atoms. The highest BCUT2D eigenvalue weighted by molar-refractivity contribution is 5.76. The molecule has 1 aliphatic heterocycles. The van der Waals surface area contributed by atoms with Crippen LogP contribution in [-0.4, -0.2) is 38.6 Å². The van der Waals surface area contributed by atoms with Gasteiger partial charge >= 0.3 is 0 Å². The van der Waals surface area contributed by atoms with Crippen molar-refractivity contribution in [2.75, 3.05) is 13.1 Å². The minimum atomic E-state index is -0.128. The number of carbonyl (C=O) groups is 1. The van der Waals surface area contributed by atoms with Crippen molar-refractivity contribution in [3.05, 3.63) is 34.1 Å². The molecule has 2 aromatic rings. The fraction of sp³-hybridized carbons (Fsp3) is 0.579. The van der Waals surface area contributed by atoms with Gasteiger partial charge in [0.05, 0.1) is 5.56 Å². The fourth-order valence-electron chi connectivity index (χ4n) is 3.44. The van der Waals surface area contributed by atoms with E-state index in [9.17, 15) is 9.59 Å². The normalized spacial score (nSPS) is 14.8. The largest absolute Gasteiger partial charge is 0.343 e. The van der Waals surface area contributed by atoms with Gasteiger partial charge in [-0.05, 0) is 52.2 Å². The van der Waals surface area contributed by atoms with E-state index < -0.39 is 0 Å². The molecule has 1 saturated heterocycles. The Hall–Kier alpha value is -2.44. The number of rotatable bonds is 5. The summed E-state index contributed by atoms with van der Waals surface area (Å²) in [6.45, 7) is 7.51. The Labute approximate surface area is 153 Å². The van der Waals surface area contributed by atoms with E-state index >= 15 is 0 Å². The van der Waals surface area contributed by atoms with Crippen molar-refractivity contribution in [1.29, 1.82) is 0 Å². The molecule has 0 atom stereocenters. The minimum absolute atomic E-state index is 0.0518. The molecule has 0 saturated carbocycles. The molecule has 1 fully saturated rings. The number of nitrogens with zero attached hydrogens (tertiary/aromatic N) is 4. The number of carbonyl (C=O) groups excluding carboxylic acids is 1. The molecule has 7 heteroatoms. The molecule has 0 aliphatic carbocycles. The first-order chi connectivity index (χ1) is 12.5. The molecule has 2 aromatic heterocycles. The highest BCUT2D eigenvalue weighted by Crippen LogP contribution is 2.16. The molecular weight excluding hydrogens is 332 g/mol. The summed E-state index contributed by atoms with van der Waals surface area (Å²) in [6, 6.07) is 3.66. The van der Waals surface area contributed by atoms with Crippen molar-refractivity contribution < 1.29 is 9.32 Å². The topological polar surface area (TPSA) is 81.2 Å². The summed E-state index contributed by atoms with van der Waals surface area (Å²) < 4.78 is 6.98. The van der Waals surface area contributed by atoms with Crippen LogP contribution in [0.2, 0.25) is 0 Å². The summed E-state index contributed by atoms with van der Waals surface area (Å²) in [5, 5.41) is 3.94. The molecule has 140 valence electrons. The SMILES string of the molecule is Cc1ccc(-c2noc(CCC(=O)N3CCCCC3)n2)c(=O)n1C(C)C. The Morgan fingerprint density at radius 2 is 1.96 bits per heavy atom. The lowest BCUT2D eigenvalue weighted by Crippen LogP contribution is -2.35. The van der Waals surface area contributed by atoms with Crippen molar-refractivity contribution in [3.8, 4) is 11.4 Å². The number of aromatic nitrogens is 3. The highest BCUT2D eigenvalue weighted by atomic mass is 16.5. The smallest absolute Gasteiger partial charge is 0.262 e. The van der Waals surface area contributed by atoms with Crippen molar-refractivity contribution in [1.82, 2.24) is 19.6 Å². The summed E-state index contributed by atoms with van der Waals surface area (Å²) in [6.07, 6.45) is 4.09. The van der Waals surface area contributed by atoms with Crippen molar-refractivity contribution in [2.45, 2.75) is 58.9 Å². The Morgan fingerprint density at radius 3 is 2.65 bits per heavy atom. The summed E-state index contributed by atoms with van der Waals surface area (Å²) in [7, 11) is 0. The number of pyridine rings is 1. The predicted octanol–water partition coefficient (Wildman–Crippen LogP) is 2.73. The second-order valence-corrected chi connectivity index (χ2v) is 7.11. The van der Waals surface area contributed by atoms with Gasteiger partial charge in [0.2, 0.25) is 17.6 Å². The standard InChI is InChI=1S/C19H26N4O3/c1-13(2)23-14(3)7-8-15(19(23)25)18-20-16(26-21-18)9-10-17(24)22-11-5-4-6-12-22/h7-8,13H,4-6,9-12H2,1-3H3. The lowest BCUT2D eigenvalue weighted by Gasteiger charge is -2.26. The number of aryl methyl sites for hydroxylation is 2. The molecule has 0 aromatic carbocycles. The highest BCUT2D eigenvalue weighted by Gasteiger charge is 2.19. The molecule has 3 rings (SSSR count). The zero-order valence-corrected chi connectivity index (χ0v) is 15.7.